The summed E-state index contributed by atoms with van der Waals surface area (Å²) >= 11 is 0. The minimum atomic E-state index is -5.50. The number of hydrogen-bond acceptors (Lipinski definition) is 16. The minimum absolute atomic E-state index is 0.0421. The lowest BCUT2D eigenvalue weighted by atomic mass is 9.66. The largest absolute Gasteiger partial charge is 0.780 e. The maximum absolute atomic E-state index is 13.5. The molecule has 7 rings (SSSR count). The van der Waals surface area contributed by atoms with Gasteiger partial charge in [-0.25, -0.2) is 0 Å². The van der Waals surface area contributed by atoms with Crippen molar-refractivity contribution < 1.29 is 76.5 Å². The van der Waals surface area contributed by atoms with Crippen LogP contribution in [-0.4, -0.2) is 87.4 Å². The first-order chi connectivity index (χ1) is 22.0. The molecular formula is C29H31O16P-2. The SMILES string of the molecule is COc1cc([C@@H]2c3cc4c(cc3[C@@H](O[C@@H]3O[C@@H]5CO[C@@H](C)O[C@H]5[C@H](O)[C@H]3O)[C@H]3COC(=O)[C@H]23)OCO4)cc(OC)c1OP(=O)([O-])[O-]. The number of carbonyl (C=O) groups excluding carboxylic acids is 1. The Labute approximate surface area is 262 Å². The van der Waals surface area contributed by atoms with Crippen LogP contribution in [0.4, 0.5) is 0 Å². The molecular weight excluding hydrogens is 635 g/mol. The van der Waals surface area contributed by atoms with Crippen molar-refractivity contribution in [2.75, 3.05) is 34.2 Å². The van der Waals surface area contributed by atoms with E-state index in [1.165, 1.54) is 26.4 Å². The van der Waals surface area contributed by atoms with Gasteiger partial charge in [-0.1, -0.05) is 0 Å². The predicted octanol–water partition coefficient (Wildman–Crippen LogP) is -0.159. The van der Waals surface area contributed by atoms with Crippen molar-refractivity contribution in [3.8, 4) is 28.7 Å². The third-order valence-corrected chi connectivity index (χ3v) is 9.34. The fraction of sp³-hybridized carbons (Fsp3) is 0.552. The Morgan fingerprint density at radius 2 is 1.59 bits per heavy atom. The van der Waals surface area contributed by atoms with Gasteiger partial charge in [0.2, 0.25) is 12.5 Å². The van der Waals surface area contributed by atoms with Gasteiger partial charge in [-0.2, -0.15) is 0 Å². The highest BCUT2D eigenvalue weighted by atomic mass is 31.2. The first kappa shape index (κ1) is 31.4. The van der Waals surface area contributed by atoms with Crippen molar-refractivity contribution in [3.63, 3.8) is 0 Å². The molecule has 4 aliphatic heterocycles. The van der Waals surface area contributed by atoms with Gasteiger partial charge >= 0.3 is 5.97 Å². The van der Waals surface area contributed by atoms with Gasteiger partial charge in [0.05, 0.1) is 39.5 Å². The molecule has 3 saturated heterocycles. The van der Waals surface area contributed by atoms with Gasteiger partial charge in [-0.05, 0) is 47.9 Å². The summed E-state index contributed by atoms with van der Waals surface area (Å²) in [5.74, 6) is -2.66. The smallest absolute Gasteiger partial charge is 0.310 e. The standard InChI is InChI=1S/C29H33O16P/c1-11-38-9-20-27(42-11)23(30)24(31)29(43-20)44-25-14-7-17-16(40-10-41-17)6-13(14)21(22-15(25)8-39-28(22)32)12-4-18(36-2)26(19(5-12)37-3)45-46(33,34)35/h4-7,11,15,20-25,27,29-31H,8-10H2,1-3H3,(H2,33,34,35)/p-2/t11-,15+,20-,21-,22+,23-,24-,25-,27-,29+/m1/s1. The van der Waals surface area contributed by atoms with Crippen molar-refractivity contribution in [2.24, 2.45) is 11.8 Å². The van der Waals surface area contributed by atoms with Gasteiger partial charge in [-0.3, -0.25) is 4.79 Å². The lowest BCUT2D eigenvalue weighted by Gasteiger charge is -2.47. The number of fused-ring (bicyclic) bond motifs is 4. The summed E-state index contributed by atoms with van der Waals surface area (Å²) in [7, 11) is -2.99. The second-order valence-corrected chi connectivity index (χ2v) is 12.6. The minimum Gasteiger partial charge on any atom is -0.780 e. The summed E-state index contributed by atoms with van der Waals surface area (Å²) in [4.78, 5) is 36.5. The number of esters is 1. The van der Waals surface area contributed by atoms with Crippen molar-refractivity contribution in [2.45, 2.75) is 55.9 Å². The lowest BCUT2D eigenvalue weighted by molar-refractivity contribution is -0.364. The van der Waals surface area contributed by atoms with Crippen LogP contribution in [0, 0.1) is 11.8 Å². The van der Waals surface area contributed by atoms with Crippen LogP contribution in [0.5, 0.6) is 28.7 Å². The van der Waals surface area contributed by atoms with Gasteiger partial charge in [0, 0.05) is 11.8 Å². The number of phosphoric ester groups is 1. The van der Waals surface area contributed by atoms with Gasteiger partial charge < -0.3 is 71.7 Å². The van der Waals surface area contributed by atoms with E-state index in [0.717, 1.165) is 0 Å². The third-order valence-electron chi connectivity index (χ3n) is 8.93. The summed E-state index contributed by atoms with van der Waals surface area (Å²) in [5.41, 5.74) is 1.57. The third kappa shape index (κ3) is 5.37. The van der Waals surface area contributed by atoms with Crippen molar-refractivity contribution in [1.29, 1.82) is 0 Å². The number of aliphatic hydroxyl groups is 2. The molecule has 0 spiro atoms. The second kappa shape index (κ2) is 11.8. The first-order valence-electron chi connectivity index (χ1n) is 14.5. The molecule has 16 nitrogen and oxygen atoms in total. The number of rotatable bonds is 7. The fourth-order valence-electron chi connectivity index (χ4n) is 6.92. The number of methoxy groups -OCH3 is 2. The fourth-order valence-corrected chi connectivity index (χ4v) is 7.33. The molecule has 46 heavy (non-hydrogen) atoms. The van der Waals surface area contributed by atoms with E-state index in [-0.39, 0.29) is 31.5 Å². The molecule has 0 bridgehead atoms. The highest BCUT2D eigenvalue weighted by Crippen LogP contribution is 2.57. The second-order valence-electron chi connectivity index (χ2n) is 11.5. The molecule has 0 unspecified atom stereocenters. The highest BCUT2D eigenvalue weighted by molar-refractivity contribution is 7.43. The van der Waals surface area contributed by atoms with Crippen LogP contribution in [0.25, 0.3) is 0 Å². The summed E-state index contributed by atoms with van der Waals surface area (Å²) in [6.45, 7) is 1.68. The number of ether oxygens (including phenoxy) is 9. The van der Waals surface area contributed by atoms with E-state index in [1.54, 1.807) is 19.1 Å². The molecule has 2 N–H and O–H groups in total. The van der Waals surface area contributed by atoms with Crippen LogP contribution in [0.1, 0.15) is 35.6 Å². The number of hydrogen-bond donors (Lipinski definition) is 2. The van der Waals surface area contributed by atoms with Gasteiger partial charge in [0.1, 0.15) is 32.2 Å². The average Bonchev–Trinajstić information content (AvgIpc) is 3.64. The van der Waals surface area contributed by atoms with E-state index >= 15 is 0 Å². The summed E-state index contributed by atoms with van der Waals surface area (Å²) in [6.07, 6.45) is -7.25. The Morgan fingerprint density at radius 1 is 0.913 bits per heavy atom. The molecule has 0 saturated carbocycles. The molecule has 250 valence electrons. The summed E-state index contributed by atoms with van der Waals surface area (Å²) in [5, 5.41) is 22.0. The topological polar surface area (TPSA) is 213 Å². The Bertz CT molecular complexity index is 1530. The van der Waals surface area contributed by atoms with Crippen LogP contribution in [0.2, 0.25) is 0 Å². The highest BCUT2D eigenvalue weighted by Gasteiger charge is 2.56. The average molecular weight is 667 g/mol. The normalized spacial score (nSPS) is 34.6. The lowest BCUT2D eigenvalue weighted by Crippen LogP contribution is -2.63. The molecule has 1 aliphatic carbocycles. The van der Waals surface area contributed by atoms with Crippen LogP contribution >= 0.6 is 7.82 Å². The zero-order valence-corrected chi connectivity index (χ0v) is 25.7. The van der Waals surface area contributed by atoms with Crippen LogP contribution in [0.15, 0.2) is 24.3 Å². The molecule has 5 aliphatic rings. The van der Waals surface area contributed by atoms with Crippen LogP contribution < -0.4 is 33.3 Å². The number of aliphatic hydroxyl groups excluding tert-OH is 2. The Morgan fingerprint density at radius 3 is 2.24 bits per heavy atom. The Balaban J connectivity index is 1.32. The quantitative estimate of drug-likeness (QED) is 0.290. The Kier molecular flexibility index (Phi) is 8.07. The van der Waals surface area contributed by atoms with E-state index in [0.29, 0.717) is 28.2 Å². The van der Waals surface area contributed by atoms with Crippen LogP contribution in [-0.2, 0) is 33.0 Å². The maximum atomic E-state index is 13.5. The summed E-state index contributed by atoms with van der Waals surface area (Å²) < 4.78 is 67.5. The molecule has 17 heteroatoms. The van der Waals surface area contributed by atoms with Crippen molar-refractivity contribution in [3.05, 3.63) is 41.0 Å². The number of cyclic esters (lactones) is 1. The number of carbonyl (C=O) groups is 1. The molecule has 0 aromatic heterocycles. The molecule has 10 atom stereocenters. The van der Waals surface area contributed by atoms with E-state index < -0.39 is 80.4 Å². The molecule has 0 amide bonds. The summed E-state index contributed by atoms with van der Waals surface area (Å²) in [6, 6.07) is 6.32. The van der Waals surface area contributed by atoms with E-state index in [1.807, 2.05) is 0 Å². The van der Waals surface area contributed by atoms with E-state index in [2.05, 4.69) is 4.52 Å². The van der Waals surface area contributed by atoms with Crippen molar-refractivity contribution in [1.82, 2.24) is 0 Å². The zero-order valence-electron chi connectivity index (χ0n) is 24.8. The first-order valence-corrected chi connectivity index (χ1v) is 15.9. The molecule has 3 fully saturated rings. The zero-order chi connectivity index (χ0) is 32.5. The van der Waals surface area contributed by atoms with Crippen LogP contribution in [0.3, 0.4) is 0 Å². The van der Waals surface area contributed by atoms with Crippen molar-refractivity contribution >= 4 is 13.8 Å². The maximum Gasteiger partial charge on any atom is 0.310 e. The van der Waals surface area contributed by atoms with E-state index in [4.69, 9.17) is 42.6 Å². The molecule has 0 radical (unpaired) electrons. The number of phosphoric acid groups is 1. The Hall–Kier alpha value is -3.18. The van der Waals surface area contributed by atoms with Gasteiger partial charge in [-0.15, -0.1) is 0 Å². The monoisotopic (exact) mass is 666 g/mol. The predicted molar refractivity (Wildman–Crippen MR) is 145 cm³/mol. The van der Waals surface area contributed by atoms with Gasteiger partial charge in [0.15, 0.2) is 35.6 Å². The number of benzene rings is 2. The molecule has 2 aromatic rings. The molecule has 4 heterocycles. The van der Waals surface area contributed by atoms with E-state index in [9.17, 15) is 29.4 Å². The van der Waals surface area contributed by atoms with Gasteiger partial charge in [0.25, 0.3) is 0 Å². The molecule has 2 aromatic carbocycles.